The standard InChI is InChI=1S/C19H30N2O2/c1-3-23-18-10-9-16(14-15(18)2)6-4-8-19(22)21-12-5-7-17(20)11-13-21/h9-10,14,17H,3-8,11-13,20H2,1-2H3/t17-/m0/s1. The highest BCUT2D eigenvalue weighted by Crippen LogP contribution is 2.20. The lowest BCUT2D eigenvalue weighted by Gasteiger charge is -2.20. The van der Waals surface area contributed by atoms with Crippen molar-refractivity contribution in [2.75, 3.05) is 19.7 Å². The van der Waals surface area contributed by atoms with Gasteiger partial charge in [-0.25, -0.2) is 0 Å². The number of nitrogens with zero attached hydrogens (tertiary/aromatic N) is 1. The summed E-state index contributed by atoms with van der Waals surface area (Å²) >= 11 is 0. The maximum atomic E-state index is 12.3. The topological polar surface area (TPSA) is 55.6 Å². The number of hydrogen-bond donors (Lipinski definition) is 1. The zero-order valence-corrected chi connectivity index (χ0v) is 14.5. The third-order valence-electron chi connectivity index (χ3n) is 4.52. The number of aryl methyl sites for hydroxylation is 2. The Morgan fingerprint density at radius 3 is 2.91 bits per heavy atom. The monoisotopic (exact) mass is 318 g/mol. The third kappa shape index (κ3) is 5.54. The van der Waals surface area contributed by atoms with Gasteiger partial charge in [0.25, 0.3) is 0 Å². The summed E-state index contributed by atoms with van der Waals surface area (Å²) in [6, 6.07) is 6.57. The molecule has 1 aromatic carbocycles. The van der Waals surface area contributed by atoms with Crippen molar-refractivity contribution >= 4 is 5.91 Å². The Morgan fingerprint density at radius 1 is 1.35 bits per heavy atom. The first kappa shape index (κ1) is 17.8. The lowest BCUT2D eigenvalue weighted by molar-refractivity contribution is -0.131. The van der Waals surface area contributed by atoms with Crippen LogP contribution in [0.3, 0.4) is 0 Å². The summed E-state index contributed by atoms with van der Waals surface area (Å²) in [6.45, 7) is 6.44. The van der Waals surface area contributed by atoms with Crippen LogP contribution in [0.25, 0.3) is 0 Å². The Labute approximate surface area is 140 Å². The van der Waals surface area contributed by atoms with Crippen molar-refractivity contribution in [3.63, 3.8) is 0 Å². The van der Waals surface area contributed by atoms with Gasteiger partial charge in [0.1, 0.15) is 5.75 Å². The van der Waals surface area contributed by atoms with E-state index in [1.807, 2.05) is 17.9 Å². The molecule has 4 nitrogen and oxygen atoms in total. The number of likely N-dealkylation sites (tertiary alicyclic amines) is 1. The molecule has 0 bridgehead atoms. The van der Waals surface area contributed by atoms with Crippen LogP contribution in [0.2, 0.25) is 0 Å². The molecule has 23 heavy (non-hydrogen) atoms. The van der Waals surface area contributed by atoms with Gasteiger partial charge < -0.3 is 15.4 Å². The van der Waals surface area contributed by atoms with Gasteiger partial charge in [0, 0.05) is 25.6 Å². The second-order valence-electron chi connectivity index (χ2n) is 6.46. The van der Waals surface area contributed by atoms with Crippen LogP contribution in [0.15, 0.2) is 18.2 Å². The van der Waals surface area contributed by atoms with Gasteiger partial charge in [0.2, 0.25) is 5.91 Å². The Bertz CT molecular complexity index is 516. The molecule has 1 fully saturated rings. The SMILES string of the molecule is CCOc1ccc(CCCC(=O)N2CCC[C@H](N)CC2)cc1C. The number of benzene rings is 1. The highest BCUT2D eigenvalue weighted by molar-refractivity contribution is 5.76. The van der Waals surface area contributed by atoms with Gasteiger partial charge in [-0.2, -0.15) is 0 Å². The van der Waals surface area contributed by atoms with E-state index in [0.717, 1.165) is 56.5 Å². The van der Waals surface area contributed by atoms with E-state index in [0.29, 0.717) is 13.0 Å². The second-order valence-corrected chi connectivity index (χ2v) is 6.46. The molecule has 0 saturated carbocycles. The molecule has 0 aliphatic carbocycles. The van der Waals surface area contributed by atoms with Gasteiger partial charge in [-0.05, 0) is 63.1 Å². The van der Waals surface area contributed by atoms with Gasteiger partial charge in [0.15, 0.2) is 0 Å². The summed E-state index contributed by atoms with van der Waals surface area (Å²) in [5, 5.41) is 0. The van der Waals surface area contributed by atoms with Gasteiger partial charge in [-0.3, -0.25) is 4.79 Å². The number of carbonyl (C=O) groups is 1. The maximum absolute atomic E-state index is 12.3. The van der Waals surface area contributed by atoms with Crippen molar-refractivity contribution in [2.24, 2.45) is 5.73 Å². The van der Waals surface area contributed by atoms with Crippen molar-refractivity contribution in [1.82, 2.24) is 4.90 Å². The van der Waals surface area contributed by atoms with Crippen molar-refractivity contribution in [3.05, 3.63) is 29.3 Å². The molecular weight excluding hydrogens is 288 g/mol. The Hall–Kier alpha value is -1.55. The summed E-state index contributed by atoms with van der Waals surface area (Å²) in [4.78, 5) is 14.3. The van der Waals surface area contributed by atoms with Crippen molar-refractivity contribution in [1.29, 1.82) is 0 Å². The molecule has 1 heterocycles. The fourth-order valence-corrected chi connectivity index (χ4v) is 3.16. The van der Waals surface area contributed by atoms with Crippen LogP contribution >= 0.6 is 0 Å². The summed E-state index contributed by atoms with van der Waals surface area (Å²) < 4.78 is 5.56. The van der Waals surface area contributed by atoms with E-state index in [1.165, 1.54) is 5.56 Å². The fourth-order valence-electron chi connectivity index (χ4n) is 3.16. The molecule has 1 saturated heterocycles. The molecule has 1 aliphatic rings. The van der Waals surface area contributed by atoms with Crippen molar-refractivity contribution in [2.45, 2.75) is 58.4 Å². The molecule has 4 heteroatoms. The zero-order valence-electron chi connectivity index (χ0n) is 14.5. The summed E-state index contributed by atoms with van der Waals surface area (Å²) in [6.07, 6.45) is 5.46. The molecule has 1 aromatic rings. The predicted octanol–water partition coefficient (Wildman–Crippen LogP) is 3.06. The van der Waals surface area contributed by atoms with Crippen molar-refractivity contribution < 1.29 is 9.53 Å². The predicted molar refractivity (Wildman–Crippen MR) is 93.7 cm³/mol. The average molecular weight is 318 g/mol. The van der Waals surface area contributed by atoms with Gasteiger partial charge >= 0.3 is 0 Å². The van der Waals surface area contributed by atoms with Crippen LogP contribution in [0, 0.1) is 6.92 Å². The van der Waals surface area contributed by atoms with Gasteiger partial charge in [0.05, 0.1) is 6.61 Å². The average Bonchev–Trinajstić information content (AvgIpc) is 2.75. The first-order valence-corrected chi connectivity index (χ1v) is 8.86. The van der Waals surface area contributed by atoms with Crippen LogP contribution in [0.5, 0.6) is 5.75 Å². The normalized spacial score (nSPS) is 18.6. The van der Waals surface area contributed by atoms with Crippen LogP contribution in [-0.2, 0) is 11.2 Å². The zero-order chi connectivity index (χ0) is 16.7. The Balaban J connectivity index is 1.78. The number of carbonyl (C=O) groups excluding carboxylic acids is 1. The molecular formula is C19H30N2O2. The fraction of sp³-hybridized carbons (Fsp3) is 0.632. The van der Waals surface area contributed by atoms with E-state index in [-0.39, 0.29) is 11.9 Å². The minimum absolute atomic E-state index is 0.264. The van der Waals surface area contributed by atoms with E-state index in [2.05, 4.69) is 19.1 Å². The lowest BCUT2D eigenvalue weighted by atomic mass is 10.0. The molecule has 128 valence electrons. The first-order chi connectivity index (χ1) is 11.1. The molecule has 0 unspecified atom stereocenters. The molecule has 1 amide bonds. The second kappa shape index (κ2) is 8.92. The molecule has 0 spiro atoms. The van der Waals surface area contributed by atoms with E-state index in [4.69, 9.17) is 10.5 Å². The van der Waals surface area contributed by atoms with Crippen LogP contribution < -0.4 is 10.5 Å². The Morgan fingerprint density at radius 2 is 2.17 bits per heavy atom. The smallest absolute Gasteiger partial charge is 0.222 e. The van der Waals surface area contributed by atoms with Gasteiger partial charge in [-0.15, -0.1) is 0 Å². The van der Waals surface area contributed by atoms with Crippen LogP contribution in [0.4, 0.5) is 0 Å². The number of rotatable bonds is 6. The third-order valence-corrected chi connectivity index (χ3v) is 4.52. The van der Waals surface area contributed by atoms with E-state index in [9.17, 15) is 4.79 Å². The van der Waals surface area contributed by atoms with Crippen molar-refractivity contribution in [3.8, 4) is 5.75 Å². The largest absolute Gasteiger partial charge is 0.494 e. The van der Waals surface area contributed by atoms with Crippen LogP contribution in [0.1, 0.15) is 50.2 Å². The summed E-state index contributed by atoms with van der Waals surface area (Å²) in [7, 11) is 0. The summed E-state index contributed by atoms with van der Waals surface area (Å²) in [5.74, 6) is 1.23. The first-order valence-electron chi connectivity index (χ1n) is 8.86. The molecule has 1 aliphatic heterocycles. The highest BCUT2D eigenvalue weighted by atomic mass is 16.5. The lowest BCUT2D eigenvalue weighted by Crippen LogP contribution is -2.32. The van der Waals surface area contributed by atoms with E-state index in [1.54, 1.807) is 0 Å². The maximum Gasteiger partial charge on any atom is 0.222 e. The molecule has 2 N–H and O–H groups in total. The van der Waals surface area contributed by atoms with Gasteiger partial charge in [-0.1, -0.05) is 12.1 Å². The van der Waals surface area contributed by atoms with E-state index >= 15 is 0 Å². The number of nitrogens with two attached hydrogens (primary N) is 1. The minimum Gasteiger partial charge on any atom is -0.494 e. The number of hydrogen-bond acceptors (Lipinski definition) is 3. The summed E-state index contributed by atoms with van der Waals surface area (Å²) in [5.41, 5.74) is 8.41. The number of amides is 1. The molecule has 2 rings (SSSR count). The minimum atomic E-state index is 0.264. The quantitative estimate of drug-likeness (QED) is 0.877. The molecule has 0 aromatic heterocycles. The molecule has 1 atom stereocenters. The Kier molecular flexibility index (Phi) is 6.90. The van der Waals surface area contributed by atoms with E-state index < -0.39 is 0 Å². The number of ether oxygens (including phenoxy) is 1. The highest BCUT2D eigenvalue weighted by Gasteiger charge is 2.18. The molecule has 0 radical (unpaired) electrons. The van der Waals surface area contributed by atoms with Crippen LogP contribution in [-0.4, -0.2) is 36.5 Å².